The number of anilines is 1. The Morgan fingerprint density at radius 3 is 2.30 bits per heavy atom. The zero-order valence-electron chi connectivity index (χ0n) is 10.5. The molecule has 2 rings (SSSR count). The highest BCUT2D eigenvalue weighted by Gasteiger charge is 2.51. The predicted octanol–water partition coefficient (Wildman–Crippen LogP) is 1.62. The summed E-state index contributed by atoms with van der Waals surface area (Å²) in [6, 6.07) is 7.99. The van der Waals surface area contributed by atoms with Crippen LogP contribution in [0.5, 0.6) is 0 Å². The molecule has 0 bridgehead atoms. The molecular weight excluding hydrogens is 258 g/mol. The molecule has 1 fully saturated rings. The van der Waals surface area contributed by atoms with E-state index in [1.165, 1.54) is 18.2 Å². The van der Waals surface area contributed by atoms with Crippen molar-refractivity contribution in [3.63, 3.8) is 0 Å². The van der Waals surface area contributed by atoms with E-state index in [1.54, 1.807) is 0 Å². The lowest BCUT2D eigenvalue weighted by Gasteiger charge is -2.35. The van der Waals surface area contributed by atoms with Crippen molar-refractivity contribution < 1.29 is 14.7 Å². The number of carbonyl (C=O) groups excluding carboxylic acids is 1. The van der Waals surface area contributed by atoms with E-state index in [0.717, 1.165) is 0 Å². The number of nitriles is 2. The quantitative estimate of drug-likeness (QED) is 0.809. The molecule has 20 heavy (non-hydrogen) atoms. The molecule has 2 N–H and O–H groups in total. The minimum Gasteiger partial charge on any atom is -0.480 e. The number of hydrogen-bond acceptors (Lipinski definition) is 4. The van der Waals surface area contributed by atoms with E-state index >= 15 is 0 Å². The molecule has 1 amide bonds. The highest BCUT2D eigenvalue weighted by Crippen LogP contribution is 2.42. The van der Waals surface area contributed by atoms with Gasteiger partial charge in [-0.1, -0.05) is 6.42 Å². The summed E-state index contributed by atoms with van der Waals surface area (Å²) in [5, 5.41) is 29.4. The third kappa shape index (κ3) is 2.08. The minimum absolute atomic E-state index is 0.142. The lowest BCUT2D eigenvalue weighted by molar-refractivity contribution is -0.159. The van der Waals surface area contributed by atoms with Gasteiger partial charge in [-0.15, -0.1) is 0 Å². The SMILES string of the molecule is N#Cc1ccc(NC(=O)C2(C(=O)O)CCC2)cc1C#N. The van der Waals surface area contributed by atoms with Crippen molar-refractivity contribution >= 4 is 17.6 Å². The predicted molar refractivity (Wildman–Crippen MR) is 68.4 cm³/mol. The Hall–Kier alpha value is -2.86. The first-order valence-corrected chi connectivity index (χ1v) is 6.02. The highest BCUT2D eigenvalue weighted by atomic mass is 16.4. The number of carboxylic acid groups (broad SMARTS) is 1. The molecule has 1 aromatic carbocycles. The topological polar surface area (TPSA) is 114 Å². The first kappa shape index (κ1) is 13.6. The lowest BCUT2D eigenvalue weighted by atomic mass is 9.68. The van der Waals surface area contributed by atoms with Crippen molar-refractivity contribution in [2.45, 2.75) is 19.3 Å². The fourth-order valence-corrected chi connectivity index (χ4v) is 2.13. The van der Waals surface area contributed by atoms with Crippen LogP contribution >= 0.6 is 0 Å². The number of carbonyl (C=O) groups is 2. The number of amides is 1. The molecule has 0 radical (unpaired) electrons. The van der Waals surface area contributed by atoms with Gasteiger partial charge in [0.2, 0.25) is 5.91 Å². The Kier molecular flexibility index (Phi) is 3.41. The Morgan fingerprint density at radius 1 is 1.20 bits per heavy atom. The minimum atomic E-state index is -1.36. The average Bonchev–Trinajstić information content (AvgIpc) is 2.36. The second-order valence-electron chi connectivity index (χ2n) is 4.68. The van der Waals surface area contributed by atoms with Crippen LogP contribution < -0.4 is 5.32 Å². The highest BCUT2D eigenvalue weighted by molar-refractivity contribution is 6.09. The van der Waals surface area contributed by atoms with Crippen molar-refractivity contribution in [1.82, 2.24) is 0 Å². The molecule has 0 spiro atoms. The standard InChI is InChI=1S/C14H11N3O3/c15-7-9-2-3-11(6-10(9)8-16)17-12(18)14(13(19)20)4-1-5-14/h2-3,6H,1,4-5H2,(H,17,18)(H,19,20). The number of hydrogen-bond donors (Lipinski definition) is 2. The van der Waals surface area contributed by atoms with Gasteiger partial charge in [0.1, 0.15) is 17.6 Å². The van der Waals surface area contributed by atoms with Gasteiger partial charge in [0.15, 0.2) is 0 Å². The number of carboxylic acids is 1. The van der Waals surface area contributed by atoms with Gasteiger partial charge in [-0.05, 0) is 31.0 Å². The molecule has 0 atom stereocenters. The average molecular weight is 269 g/mol. The molecule has 0 heterocycles. The van der Waals surface area contributed by atoms with Gasteiger partial charge in [0.25, 0.3) is 0 Å². The maximum atomic E-state index is 12.1. The molecule has 6 heteroatoms. The van der Waals surface area contributed by atoms with E-state index in [2.05, 4.69) is 5.32 Å². The number of nitrogens with zero attached hydrogens (tertiary/aromatic N) is 2. The van der Waals surface area contributed by atoms with E-state index in [-0.39, 0.29) is 11.1 Å². The van der Waals surface area contributed by atoms with Crippen molar-refractivity contribution in [3.05, 3.63) is 29.3 Å². The molecular formula is C14H11N3O3. The van der Waals surface area contributed by atoms with E-state index in [9.17, 15) is 9.59 Å². The molecule has 0 aromatic heterocycles. The summed E-state index contributed by atoms with van der Waals surface area (Å²) in [5.74, 6) is -1.71. The number of rotatable bonds is 3. The second kappa shape index (κ2) is 5.02. The molecule has 1 aromatic rings. The van der Waals surface area contributed by atoms with Crippen LogP contribution in [0.4, 0.5) is 5.69 Å². The third-order valence-corrected chi connectivity index (χ3v) is 3.57. The molecule has 1 aliphatic carbocycles. The summed E-state index contributed by atoms with van der Waals surface area (Å²) in [6.07, 6.45) is 1.33. The largest absolute Gasteiger partial charge is 0.480 e. The van der Waals surface area contributed by atoms with Crippen LogP contribution in [0.25, 0.3) is 0 Å². The van der Waals surface area contributed by atoms with E-state index < -0.39 is 17.3 Å². The van der Waals surface area contributed by atoms with Gasteiger partial charge >= 0.3 is 5.97 Å². The Bertz CT molecular complexity index is 663. The lowest BCUT2D eigenvalue weighted by Crippen LogP contribution is -2.48. The van der Waals surface area contributed by atoms with Crippen LogP contribution in [-0.2, 0) is 9.59 Å². The smallest absolute Gasteiger partial charge is 0.319 e. The van der Waals surface area contributed by atoms with Gasteiger partial charge in [0.05, 0.1) is 11.1 Å². The Labute approximate surface area is 115 Å². The monoisotopic (exact) mass is 269 g/mol. The molecule has 1 saturated carbocycles. The summed E-state index contributed by atoms with van der Waals surface area (Å²) in [5.41, 5.74) is -0.691. The number of nitrogens with one attached hydrogen (secondary N) is 1. The molecule has 1 aliphatic rings. The summed E-state index contributed by atoms with van der Waals surface area (Å²) in [7, 11) is 0. The summed E-state index contributed by atoms with van der Waals surface area (Å²) in [6.45, 7) is 0. The van der Waals surface area contributed by atoms with Crippen molar-refractivity contribution in [2.24, 2.45) is 5.41 Å². The maximum absolute atomic E-state index is 12.1. The Morgan fingerprint density at radius 2 is 1.85 bits per heavy atom. The van der Waals surface area contributed by atoms with E-state index in [1.807, 2.05) is 12.1 Å². The van der Waals surface area contributed by atoms with Crippen LogP contribution in [0.3, 0.4) is 0 Å². The normalized spacial score (nSPS) is 15.3. The Balaban J connectivity index is 2.23. The summed E-state index contributed by atoms with van der Waals surface area (Å²) in [4.78, 5) is 23.3. The van der Waals surface area contributed by atoms with E-state index in [0.29, 0.717) is 24.9 Å². The third-order valence-electron chi connectivity index (χ3n) is 3.57. The van der Waals surface area contributed by atoms with Crippen LogP contribution in [0.15, 0.2) is 18.2 Å². The van der Waals surface area contributed by atoms with Gasteiger partial charge in [-0.3, -0.25) is 9.59 Å². The molecule has 100 valence electrons. The first-order chi connectivity index (χ1) is 9.53. The summed E-state index contributed by atoms with van der Waals surface area (Å²) < 4.78 is 0. The molecule has 0 aliphatic heterocycles. The van der Waals surface area contributed by atoms with Gasteiger partial charge < -0.3 is 10.4 Å². The molecule has 6 nitrogen and oxygen atoms in total. The van der Waals surface area contributed by atoms with Crippen LogP contribution in [-0.4, -0.2) is 17.0 Å². The van der Waals surface area contributed by atoms with E-state index in [4.69, 9.17) is 15.6 Å². The van der Waals surface area contributed by atoms with Crippen molar-refractivity contribution in [1.29, 1.82) is 10.5 Å². The van der Waals surface area contributed by atoms with Crippen molar-refractivity contribution in [3.8, 4) is 12.1 Å². The van der Waals surface area contributed by atoms with Crippen LogP contribution in [0.1, 0.15) is 30.4 Å². The van der Waals surface area contributed by atoms with Gasteiger partial charge in [-0.2, -0.15) is 10.5 Å². The fourth-order valence-electron chi connectivity index (χ4n) is 2.13. The van der Waals surface area contributed by atoms with Gasteiger partial charge in [0, 0.05) is 5.69 Å². The van der Waals surface area contributed by atoms with Crippen LogP contribution in [0.2, 0.25) is 0 Å². The molecule has 0 saturated heterocycles. The zero-order chi connectivity index (χ0) is 14.8. The summed E-state index contributed by atoms with van der Waals surface area (Å²) >= 11 is 0. The first-order valence-electron chi connectivity index (χ1n) is 6.02. The van der Waals surface area contributed by atoms with Crippen LogP contribution in [0, 0.1) is 28.1 Å². The molecule has 0 unspecified atom stereocenters. The second-order valence-corrected chi connectivity index (χ2v) is 4.68. The zero-order valence-corrected chi connectivity index (χ0v) is 10.5. The number of aliphatic carboxylic acids is 1. The van der Waals surface area contributed by atoms with Crippen molar-refractivity contribution in [2.75, 3.05) is 5.32 Å². The van der Waals surface area contributed by atoms with Gasteiger partial charge in [-0.25, -0.2) is 0 Å². The number of benzene rings is 1. The maximum Gasteiger partial charge on any atom is 0.319 e. The fraction of sp³-hybridized carbons (Fsp3) is 0.286.